The molecule has 0 atom stereocenters. The number of rotatable bonds is 9. The molecule has 0 spiro atoms. The van der Waals surface area contributed by atoms with Gasteiger partial charge in [0, 0.05) is 0 Å². The Hall–Kier alpha value is -0.349. The zero-order chi connectivity index (χ0) is 10.5. The van der Waals surface area contributed by atoms with Crippen molar-refractivity contribution in [1.29, 1.82) is 0 Å². The topological polar surface area (TPSA) is 97.5 Å². The molecule has 9 heteroatoms. The quantitative estimate of drug-likeness (QED) is 0.166. The van der Waals surface area contributed by atoms with Crippen LogP contribution in [0.3, 0.4) is 0 Å². The minimum Gasteiger partial charge on any atom is -1.00 e. The van der Waals surface area contributed by atoms with Crippen LogP contribution in [0, 0.1) is 0 Å². The van der Waals surface area contributed by atoms with Crippen molar-refractivity contribution in [2.75, 3.05) is 0 Å². The molecule has 0 bridgehead atoms. The molecule has 0 aromatic carbocycles. The van der Waals surface area contributed by atoms with Crippen LogP contribution in [0.5, 0.6) is 0 Å². The molecule has 0 saturated heterocycles. The predicted octanol–water partition coefficient (Wildman–Crippen LogP) is -0.712. The standard InChI is InChI=1S/C6H16N6Si2.Li.H/c7-9-11-13-5-3-1-2-4-6-14-12-10-8;;/h1-6,13-14H2;;/q;+1;-1. The van der Waals surface area contributed by atoms with E-state index in [0.717, 1.165) is 12.1 Å². The maximum absolute atomic E-state index is 8.05. The molecule has 0 N–H and O–H groups in total. The molecule has 6 nitrogen and oxygen atoms in total. The zero-order valence-corrected chi connectivity index (χ0v) is 12.2. The van der Waals surface area contributed by atoms with Crippen molar-refractivity contribution in [3.8, 4) is 0 Å². The minimum absolute atomic E-state index is 0. The van der Waals surface area contributed by atoms with Crippen molar-refractivity contribution < 1.29 is 20.3 Å². The summed E-state index contributed by atoms with van der Waals surface area (Å²) in [6.45, 7) is 0. The van der Waals surface area contributed by atoms with E-state index in [0.29, 0.717) is 0 Å². The van der Waals surface area contributed by atoms with E-state index in [9.17, 15) is 0 Å². The van der Waals surface area contributed by atoms with Crippen LogP contribution in [0.1, 0.15) is 27.1 Å². The summed E-state index contributed by atoms with van der Waals surface area (Å²) in [5, 5.41) is 0. The smallest absolute Gasteiger partial charge is 1.00 e. The third-order valence-electron chi connectivity index (χ3n) is 1.89. The van der Waals surface area contributed by atoms with Gasteiger partial charge in [-0.1, -0.05) is 37.8 Å². The molecule has 0 aliphatic carbocycles. The molecule has 0 aliphatic rings. The molecule has 15 heavy (non-hydrogen) atoms. The molecule has 0 rings (SSSR count). The van der Waals surface area contributed by atoms with Crippen LogP contribution < -0.4 is 18.9 Å². The fourth-order valence-electron chi connectivity index (χ4n) is 1.16. The molecule has 0 aromatic rings. The molecule has 0 amide bonds. The van der Waals surface area contributed by atoms with Crippen molar-refractivity contribution >= 4 is 19.4 Å². The summed E-state index contributed by atoms with van der Waals surface area (Å²) in [4.78, 5) is 5.50. The van der Waals surface area contributed by atoms with Crippen molar-refractivity contribution in [3.05, 3.63) is 20.9 Å². The molecule has 80 valence electrons. The molecule has 0 radical (unpaired) electrons. The van der Waals surface area contributed by atoms with Gasteiger partial charge in [-0.15, -0.1) is 9.56 Å². The molecule has 0 aromatic heterocycles. The predicted molar refractivity (Wildman–Crippen MR) is 64.6 cm³/mol. The van der Waals surface area contributed by atoms with E-state index in [1.54, 1.807) is 0 Å². The number of unbranched alkanes of at least 4 members (excludes halogenated alkanes) is 3. The van der Waals surface area contributed by atoms with Gasteiger partial charge in [-0.3, -0.25) is 0 Å². The second-order valence-electron chi connectivity index (χ2n) is 3.03. The van der Waals surface area contributed by atoms with Crippen LogP contribution in [0.15, 0.2) is 9.56 Å². The van der Waals surface area contributed by atoms with E-state index >= 15 is 0 Å². The zero-order valence-electron chi connectivity index (χ0n) is 10.3. The monoisotopic (exact) mass is 236 g/mol. The maximum Gasteiger partial charge on any atom is 1.00 e. The number of hydrogen-bond donors (Lipinski definition) is 0. The maximum atomic E-state index is 8.05. The summed E-state index contributed by atoms with van der Waals surface area (Å²) < 4.78 is 7.20. The Bertz CT molecular complexity index is 207. The van der Waals surface area contributed by atoms with Gasteiger partial charge in [-0.2, -0.15) is 0 Å². The Morgan fingerprint density at radius 1 is 0.867 bits per heavy atom. The van der Waals surface area contributed by atoms with Gasteiger partial charge in [0.15, 0.2) is 0 Å². The molecule has 0 heterocycles. The average molecular weight is 236 g/mol. The fourth-order valence-corrected chi connectivity index (χ4v) is 2.78. The van der Waals surface area contributed by atoms with Gasteiger partial charge in [0.2, 0.25) is 0 Å². The Morgan fingerprint density at radius 3 is 1.60 bits per heavy atom. The summed E-state index contributed by atoms with van der Waals surface area (Å²) in [7, 11) is -0.972. The summed E-state index contributed by atoms with van der Waals surface area (Å²) in [6.07, 6.45) is 4.82. The molecule has 0 unspecified atom stereocenters. The Balaban J connectivity index is -0.000000845. The minimum atomic E-state index is -0.486. The SMILES string of the molecule is [H-].[Li+].[N-]=[N+]=N[SiH2]CCCCCC[SiH2]N=[N+]=[N-]. The third kappa shape index (κ3) is 16.3. The third-order valence-corrected chi connectivity index (χ3v) is 4.18. The first-order valence-electron chi connectivity index (χ1n) is 4.93. The largest absolute Gasteiger partial charge is 1.00 e. The summed E-state index contributed by atoms with van der Waals surface area (Å²) in [6, 6.07) is 2.25. The average Bonchev–Trinajstić information content (AvgIpc) is 2.21. The van der Waals surface area contributed by atoms with Crippen LogP contribution in [-0.2, 0) is 0 Å². The van der Waals surface area contributed by atoms with Crippen molar-refractivity contribution in [2.24, 2.45) is 9.56 Å². The van der Waals surface area contributed by atoms with Crippen LogP contribution in [0.25, 0.3) is 20.9 Å². The van der Waals surface area contributed by atoms with E-state index in [1.165, 1.54) is 25.7 Å². The second-order valence-corrected chi connectivity index (χ2v) is 5.90. The Kier molecular flexibility index (Phi) is 18.3. The van der Waals surface area contributed by atoms with Gasteiger partial charge in [0.25, 0.3) is 0 Å². The van der Waals surface area contributed by atoms with E-state index in [2.05, 4.69) is 19.4 Å². The molecule has 0 aliphatic heterocycles. The van der Waals surface area contributed by atoms with Crippen LogP contribution in [-0.4, -0.2) is 19.4 Å². The van der Waals surface area contributed by atoms with Crippen molar-refractivity contribution in [3.63, 3.8) is 0 Å². The first-order chi connectivity index (χ1) is 6.91. The fraction of sp³-hybridized carbons (Fsp3) is 1.00. The van der Waals surface area contributed by atoms with Crippen LogP contribution >= 0.6 is 0 Å². The van der Waals surface area contributed by atoms with Gasteiger partial charge in [0.1, 0.15) is 19.4 Å². The second kappa shape index (κ2) is 16.1. The van der Waals surface area contributed by atoms with Crippen molar-refractivity contribution in [2.45, 2.75) is 37.8 Å². The van der Waals surface area contributed by atoms with E-state index in [4.69, 9.17) is 11.1 Å². The summed E-state index contributed by atoms with van der Waals surface area (Å²) >= 11 is 0. The Morgan fingerprint density at radius 2 is 1.27 bits per heavy atom. The summed E-state index contributed by atoms with van der Waals surface area (Å²) in [5.41, 5.74) is 16.1. The van der Waals surface area contributed by atoms with Gasteiger partial charge >= 0.3 is 18.9 Å². The van der Waals surface area contributed by atoms with Gasteiger partial charge in [-0.25, -0.2) is 0 Å². The molecular formula is C6H17LiN6Si2. The number of azide groups is 2. The van der Waals surface area contributed by atoms with E-state index in [1.807, 2.05) is 0 Å². The van der Waals surface area contributed by atoms with Crippen molar-refractivity contribution in [1.82, 2.24) is 0 Å². The van der Waals surface area contributed by atoms with Crippen LogP contribution in [0.2, 0.25) is 12.1 Å². The van der Waals surface area contributed by atoms with Crippen LogP contribution in [0.4, 0.5) is 0 Å². The molecule has 0 saturated carbocycles. The summed E-state index contributed by atoms with van der Waals surface area (Å²) in [5.74, 6) is 0. The molecule has 0 fully saturated rings. The first kappa shape index (κ1) is 17.1. The normalized spacial score (nSPS) is 9.87. The first-order valence-corrected chi connectivity index (χ1v) is 8.20. The van der Waals surface area contributed by atoms with E-state index in [-0.39, 0.29) is 20.3 Å². The number of nitrogens with zero attached hydrogens (tertiary/aromatic N) is 6. The van der Waals surface area contributed by atoms with Gasteiger partial charge in [0.05, 0.1) is 0 Å². The van der Waals surface area contributed by atoms with Gasteiger partial charge in [-0.05, 0) is 20.9 Å². The van der Waals surface area contributed by atoms with E-state index < -0.39 is 19.4 Å². The Labute approximate surface area is 108 Å². The molecular weight excluding hydrogens is 219 g/mol. The van der Waals surface area contributed by atoms with Gasteiger partial charge < -0.3 is 1.43 Å². The number of hydrogen-bond acceptors (Lipinski definition) is 2.